The maximum absolute atomic E-state index is 13.6. The fourth-order valence-corrected chi connectivity index (χ4v) is 5.30. The Bertz CT molecular complexity index is 1300. The zero-order valence-electron chi connectivity index (χ0n) is 17.7. The summed E-state index contributed by atoms with van der Waals surface area (Å²) in [5.41, 5.74) is 7.41. The summed E-state index contributed by atoms with van der Waals surface area (Å²) in [5.74, 6) is -6.68. The summed E-state index contributed by atoms with van der Waals surface area (Å²) in [5, 5.41) is 44.1. The van der Waals surface area contributed by atoms with Crippen molar-refractivity contribution in [1.82, 2.24) is 4.90 Å². The van der Waals surface area contributed by atoms with Crippen molar-refractivity contribution in [3.63, 3.8) is 0 Å². The van der Waals surface area contributed by atoms with Gasteiger partial charge in [-0.2, -0.15) is 0 Å². The topological polar surface area (TPSA) is 187 Å². The summed E-state index contributed by atoms with van der Waals surface area (Å²) < 4.78 is 0. The lowest BCUT2D eigenvalue weighted by molar-refractivity contribution is -0.132. The van der Waals surface area contributed by atoms with Crippen LogP contribution in [0.4, 0.5) is 0 Å². The molecule has 2 aromatic rings. The van der Waals surface area contributed by atoms with E-state index in [0.29, 0.717) is 0 Å². The molecule has 0 spiro atoms. The second kappa shape index (κ2) is 7.42. The van der Waals surface area contributed by atoms with E-state index in [9.17, 15) is 34.8 Å². The van der Waals surface area contributed by atoms with Gasteiger partial charge < -0.3 is 31.9 Å². The Kier molecular flexibility index (Phi) is 5.17. The number of nitrogens with zero attached hydrogens (tertiary/aromatic N) is 1. The number of benzene rings is 2. The molecule has 0 radical (unpaired) electrons. The highest BCUT2D eigenvalue weighted by molar-refractivity contribution is 6.36. The zero-order chi connectivity index (χ0) is 24.6. The molecule has 0 fully saturated rings. The Morgan fingerprint density at radius 2 is 1.85 bits per heavy atom. The van der Waals surface area contributed by atoms with E-state index in [1.807, 2.05) is 0 Å². The van der Waals surface area contributed by atoms with E-state index in [0.717, 1.165) is 0 Å². The number of rotatable bonds is 3. The summed E-state index contributed by atoms with van der Waals surface area (Å²) in [7, 11) is 3.04. The molecule has 0 unspecified atom stereocenters. The van der Waals surface area contributed by atoms with Crippen LogP contribution in [0.1, 0.15) is 21.5 Å². The van der Waals surface area contributed by atoms with Crippen LogP contribution >= 0.6 is 11.6 Å². The number of likely N-dealkylation sites (N-methyl/N-ethyl adjacent to an activating group) is 1. The van der Waals surface area contributed by atoms with Crippen LogP contribution in [0.5, 0.6) is 11.5 Å². The molecule has 0 aromatic heterocycles. The second-order valence-corrected chi connectivity index (χ2v) is 8.93. The first-order valence-corrected chi connectivity index (χ1v) is 10.4. The van der Waals surface area contributed by atoms with E-state index in [2.05, 4.69) is 0 Å². The summed E-state index contributed by atoms with van der Waals surface area (Å²) in [6.45, 7) is -0.101. The van der Waals surface area contributed by atoms with E-state index >= 15 is 0 Å². The van der Waals surface area contributed by atoms with Gasteiger partial charge in [0.05, 0.1) is 17.0 Å². The number of amides is 1. The number of aliphatic hydroxyl groups excluding tert-OH is 1. The Morgan fingerprint density at radius 3 is 2.39 bits per heavy atom. The van der Waals surface area contributed by atoms with Gasteiger partial charge in [-0.1, -0.05) is 11.6 Å². The smallest absolute Gasteiger partial charge is 0.255 e. The highest BCUT2D eigenvalue weighted by atomic mass is 35.5. The van der Waals surface area contributed by atoms with Crippen LogP contribution < -0.4 is 11.5 Å². The van der Waals surface area contributed by atoms with Gasteiger partial charge in [-0.25, -0.2) is 0 Å². The maximum atomic E-state index is 13.6. The Balaban J connectivity index is 2.09. The highest BCUT2D eigenvalue weighted by Gasteiger charge is 2.62. The second-order valence-electron chi connectivity index (χ2n) is 8.52. The molecule has 33 heavy (non-hydrogen) atoms. The molecule has 0 saturated heterocycles. The lowest BCUT2D eigenvalue weighted by Crippen LogP contribution is -2.64. The van der Waals surface area contributed by atoms with Crippen LogP contribution in [0.15, 0.2) is 23.5 Å². The van der Waals surface area contributed by atoms with Gasteiger partial charge in [0, 0.05) is 28.4 Å². The predicted molar refractivity (Wildman–Crippen MR) is 118 cm³/mol. The number of hydrogen-bond acceptors (Lipinski definition) is 9. The molecule has 0 heterocycles. The average molecular weight is 476 g/mol. The molecule has 0 bridgehead atoms. The molecule has 2 aliphatic rings. The molecule has 0 saturated carbocycles. The maximum Gasteiger partial charge on any atom is 0.255 e. The quantitative estimate of drug-likeness (QED) is 0.338. The van der Waals surface area contributed by atoms with Crippen LogP contribution in [0, 0.1) is 5.92 Å². The molecule has 1 amide bonds. The predicted octanol–water partition coefficient (Wildman–Crippen LogP) is 0.260. The standard InChI is InChI=1S/C22H22ClN3O7/c1-26(2)15-10-4-7-3-9-11(23)5-8(6-24)16(27)13(9)17(28)12(7)19(30)22(10,33)20(31)14(18(15)29)21(25)32/h3,5,10,15,27-28,31,33H,4,6,24H2,1-2H3,(H2,25,32)/t10-,15-,22-/m0/s1. The lowest BCUT2D eigenvalue weighted by atomic mass is 9.62. The van der Waals surface area contributed by atoms with E-state index in [4.69, 9.17) is 23.1 Å². The summed E-state index contributed by atoms with van der Waals surface area (Å²) >= 11 is 6.33. The molecule has 10 nitrogen and oxygen atoms in total. The number of aromatic hydroxyl groups is 2. The summed E-state index contributed by atoms with van der Waals surface area (Å²) in [6.07, 6.45) is -0.137. The number of nitrogens with two attached hydrogens (primary N) is 2. The SMILES string of the molecule is CN(C)[C@@H]1C(=O)C(C(N)=O)=C(O)[C@@]2(O)C(=O)c3c(cc4c(Cl)cc(CN)c(O)c4c3O)C[C@@H]12. The van der Waals surface area contributed by atoms with Crippen molar-refractivity contribution >= 4 is 39.8 Å². The zero-order valence-corrected chi connectivity index (χ0v) is 18.5. The number of fused-ring (bicyclic) bond motifs is 3. The summed E-state index contributed by atoms with van der Waals surface area (Å²) in [6, 6.07) is 1.74. The molecule has 4 rings (SSSR count). The molecule has 11 heteroatoms. The van der Waals surface area contributed by atoms with Crippen LogP contribution in [0.3, 0.4) is 0 Å². The fourth-order valence-electron chi connectivity index (χ4n) is 5.02. The van der Waals surface area contributed by atoms with Gasteiger partial charge in [0.1, 0.15) is 22.8 Å². The van der Waals surface area contributed by atoms with Gasteiger partial charge in [0.2, 0.25) is 5.78 Å². The third kappa shape index (κ3) is 2.88. The molecule has 174 valence electrons. The number of phenols is 2. The molecular weight excluding hydrogens is 454 g/mol. The third-order valence-corrected chi connectivity index (χ3v) is 6.86. The minimum Gasteiger partial charge on any atom is -0.508 e. The van der Waals surface area contributed by atoms with E-state index < -0.39 is 52.1 Å². The Labute approximate surface area is 192 Å². The third-order valence-electron chi connectivity index (χ3n) is 6.55. The first-order chi connectivity index (χ1) is 15.4. The normalized spacial score (nSPS) is 24.9. The Morgan fingerprint density at radius 1 is 1.21 bits per heavy atom. The lowest BCUT2D eigenvalue weighted by Gasteiger charge is -2.47. The van der Waals surface area contributed by atoms with Gasteiger partial charge in [-0.15, -0.1) is 0 Å². The van der Waals surface area contributed by atoms with Crippen LogP contribution in [-0.2, 0) is 22.6 Å². The van der Waals surface area contributed by atoms with Gasteiger partial charge in [0.15, 0.2) is 11.4 Å². The monoisotopic (exact) mass is 475 g/mol. The minimum absolute atomic E-state index is 0.101. The number of carbonyl (C=O) groups is 3. The molecular formula is C22H22ClN3O7. The summed E-state index contributed by atoms with van der Waals surface area (Å²) in [4.78, 5) is 40.0. The van der Waals surface area contributed by atoms with Crippen molar-refractivity contribution in [3.05, 3.63) is 45.2 Å². The van der Waals surface area contributed by atoms with Gasteiger partial charge in [-0.05, 0) is 38.2 Å². The highest BCUT2D eigenvalue weighted by Crippen LogP contribution is 2.50. The number of Topliss-reactive ketones (excluding diaryl/α,β-unsaturated/α-hetero) is 2. The van der Waals surface area contributed by atoms with Crippen molar-refractivity contribution < 1.29 is 34.8 Å². The number of phenolic OH excluding ortho intramolecular Hbond substituents is 2. The van der Waals surface area contributed by atoms with E-state index in [-0.39, 0.29) is 51.2 Å². The molecule has 0 aliphatic heterocycles. The van der Waals surface area contributed by atoms with E-state index in [1.54, 1.807) is 0 Å². The number of aliphatic hydroxyl groups is 2. The Hall–Kier alpha value is -3.18. The fraction of sp³-hybridized carbons (Fsp3) is 0.318. The number of hydrogen-bond donors (Lipinski definition) is 6. The molecule has 2 aromatic carbocycles. The first-order valence-electron chi connectivity index (χ1n) is 9.98. The van der Waals surface area contributed by atoms with Crippen LogP contribution in [0.2, 0.25) is 5.02 Å². The van der Waals surface area contributed by atoms with Crippen LogP contribution in [0.25, 0.3) is 10.8 Å². The largest absolute Gasteiger partial charge is 0.508 e. The van der Waals surface area contributed by atoms with Crippen molar-refractivity contribution in [2.24, 2.45) is 17.4 Å². The molecule has 3 atom stereocenters. The number of halogens is 1. The van der Waals surface area contributed by atoms with Crippen molar-refractivity contribution in [3.8, 4) is 11.5 Å². The van der Waals surface area contributed by atoms with Crippen LogP contribution in [-0.4, -0.2) is 68.5 Å². The first kappa shape index (κ1) is 23.0. The number of ketones is 2. The number of primary amides is 1. The van der Waals surface area contributed by atoms with Gasteiger partial charge in [-0.3, -0.25) is 19.3 Å². The molecule has 8 N–H and O–H groups in total. The van der Waals surface area contributed by atoms with E-state index in [1.165, 1.54) is 31.1 Å². The molecule has 2 aliphatic carbocycles. The minimum atomic E-state index is -2.71. The average Bonchev–Trinajstić information content (AvgIpc) is 2.72. The van der Waals surface area contributed by atoms with Crippen molar-refractivity contribution in [1.29, 1.82) is 0 Å². The van der Waals surface area contributed by atoms with Gasteiger partial charge in [0.25, 0.3) is 5.91 Å². The van der Waals surface area contributed by atoms with Gasteiger partial charge >= 0.3 is 0 Å². The number of carbonyl (C=O) groups excluding carboxylic acids is 3. The van der Waals surface area contributed by atoms with Crippen molar-refractivity contribution in [2.45, 2.75) is 24.6 Å². The van der Waals surface area contributed by atoms with Crippen molar-refractivity contribution in [2.75, 3.05) is 14.1 Å².